The summed E-state index contributed by atoms with van der Waals surface area (Å²) in [5, 5.41) is 6.14. The largest absolute Gasteiger partial charge is 0.338 e. The predicted octanol–water partition coefficient (Wildman–Crippen LogP) is 3.92. The van der Waals surface area contributed by atoms with Crippen molar-refractivity contribution in [3.63, 3.8) is 0 Å². The van der Waals surface area contributed by atoms with Crippen molar-refractivity contribution in [2.45, 2.75) is 57.3 Å². The van der Waals surface area contributed by atoms with Crippen LogP contribution in [-0.4, -0.2) is 43.7 Å². The van der Waals surface area contributed by atoms with Crippen LogP contribution in [0.25, 0.3) is 0 Å². The number of piperidine rings is 1. The number of rotatable bonds is 8. The van der Waals surface area contributed by atoms with E-state index in [1.807, 2.05) is 0 Å². The summed E-state index contributed by atoms with van der Waals surface area (Å²) in [5.74, 6) is 0.895. The number of nitrogens with zero attached hydrogens (tertiary/aromatic N) is 1. The number of urea groups is 1. The summed E-state index contributed by atoms with van der Waals surface area (Å²) in [4.78, 5) is 14.7. The highest BCUT2D eigenvalue weighted by Crippen LogP contribution is 2.43. The van der Waals surface area contributed by atoms with Gasteiger partial charge < -0.3 is 15.5 Å². The van der Waals surface area contributed by atoms with Crippen LogP contribution in [0.15, 0.2) is 30.3 Å². The lowest BCUT2D eigenvalue weighted by atomic mass is 9.64. The van der Waals surface area contributed by atoms with Gasteiger partial charge >= 0.3 is 6.03 Å². The quantitative estimate of drug-likeness (QED) is 0.693. The van der Waals surface area contributed by atoms with Gasteiger partial charge in [-0.05, 0) is 69.6 Å². The molecule has 0 aromatic heterocycles. The highest BCUT2D eigenvalue weighted by atomic mass is 16.2. The molecule has 1 aliphatic carbocycles. The van der Waals surface area contributed by atoms with Crippen LogP contribution in [0.4, 0.5) is 4.79 Å². The monoisotopic (exact) mass is 357 g/mol. The van der Waals surface area contributed by atoms with Crippen LogP contribution in [0.1, 0.15) is 57.4 Å². The van der Waals surface area contributed by atoms with Gasteiger partial charge in [-0.2, -0.15) is 0 Å². The van der Waals surface area contributed by atoms with E-state index >= 15 is 0 Å². The minimum Gasteiger partial charge on any atom is -0.338 e. The lowest BCUT2D eigenvalue weighted by Gasteiger charge is -2.42. The molecule has 1 aromatic rings. The van der Waals surface area contributed by atoms with E-state index in [1.165, 1.54) is 63.7 Å². The molecule has 2 aliphatic rings. The van der Waals surface area contributed by atoms with Crippen LogP contribution in [-0.2, 0) is 5.41 Å². The fourth-order valence-corrected chi connectivity index (χ4v) is 4.22. The maximum Gasteiger partial charge on any atom is 0.314 e. The van der Waals surface area contributed by atoms with E-state index in [2.05, 4.69) is 52.8 Å². The summed E-state index contributed by atoms with van der Waals surface area (Å²) in [7, 11) is 0. The Bertz CT molecular complexity index is 548. The number of unbranched alkanes of at least 4 members (excludes halogenated alkanes) is 1. The predicted molar refractivity (Wildman–Crippen MR) is 107 cm³/mol. The zero-order valence-corrected chi connectivity index (χ0v) is 16.3. The Kier molecular flexibility index (Phi) is 6.95. The molecule has 1 saturated heterocycles. The van der Waals surface area contributed by atoms with Gasteiger partial charge in [0.15, 0.2) is 0 Å². The van der Waals surface area contributed by atoms with Crippen LogP contribution < -0.4 is 10.6 Å². The van der Waals surface area contributed by atoms with Gasteiger partial charge in [-0.1, -0.05) is 43.7 Å². The lowest BCUT2D eigenvalue weighted by molar-refractivity contribution is 0.189. The zero-order chi connectivity index (χ0) is 18.2. The van der Waals surface area contributed by atoms with Gasteiger partial charge in [0, 0.05) is 18.5 Å². The topological polar surface area (TPSA) is 44.4 Å². The summed E-state index contributed by atoms with van der Waals surface area (Å²) in [6, 6.07) is 10.6. The van der Waals surface area contributed by atoms with Gasteiger partial charge in [-0.15, -0.1) is 0 Å². The van der Waals surface area contributed by atoms with Crippen molar-refractivity contribution in [2.24, 2.45) is 5.92 Å². The third-order valence-electron chi connectivity index (χ3n) is 6.35. The van der Waals surface area contributed by atoms with Gasteiger partial charge in [0.2, 0.25) is 0 Å². The number of likely N-dealkylation sites (tertiary alicyclic amines) is 1. The third-order valence-corrected chi connectivity index (χ3v) is 6.35. The van der Waals surface area contributed by atoms with Crippen molar-refractivity contribution in [1.29, 1.82) is 0 Å². The standard InChI is InChI=1S/C22H35N3O/c1-19-10-16-25(17-11-19)15-6-5-14-23-21(26)24-18-22(12-7-13-22)20-8-3-2-4-9-20/h2-4,8-9,19H,5-7,10-18H2,1H3,(H2,23,24,26). The fourth-order valence-electron chi connectivity index (χ4n) is 4.22. The summed E-state index contributed by atoms with van der Waals surface area (Å²) >= 11 is 0. The van der Waals surface area contributed by atoms with E-state index in [1.54, 1.807) is 0 Å². The molecular weight excluding hydrogens is 322 g/mol. The highest BCUT2D eigenvalue weighted by molar-refractivity contribution is 5.74. The number of nitrogens with one attached hydrogen (secondary N) is 2. The van der Waals surface area contributed by atoms with Crippen molar-refractivity contribution in [2.75, 3.05) is 32.7 Å². The zero-order valence-electron chi connectivity index (χ0n) is 16.3. The minimum absolute atomic E-state index is 0.0148. The number of carbonyl (C=O) groups excluding carboxylic acids is 1. The van der Waals surface area contributed by atoms with Crippen LogP contribution in [0, 0.1) is 5.92 Å². The normalized spacial score (nSPS) is 20.3. The van der Waals surface area contributed by atoms with Crippen molar-refractivity contribution < 1.29 is 4.79 Å². The molecule has 1 aromatic carbocycles. The molecule has 4 heteroatoms. The van der Waals surface area contributed by atoms with E-state index in [0.29, 0.717) is 0 Å². The van der Waals surface area contributed by atoms with Crippen molar-refractivity contribution >= 4 is 6.03 Å². The lowest BCUT2D eigenvalue weighted by Crippen LogP contribution is -2.48. The Morgan fingerprint density at radius 3 is 2.50 bits per heavy atom. The maximum absolute atomic E-state index is 12.1. The van der Waals surface area contributed by atoms with Crippen LogP contribution >= 0.6 is 0 Å². The molecule has 0 spiro atoms. The van der Waals surface area contributed by atoms with Gasteiger partial charge in [0.05, 0.1) is 0 Å². The molecule has 144 valence electrons. The van der Waals surface area contributed by atoms with Gasteiger partial charge in [-0.25, -0.2) is 4.79 Å². The van der Waals surface area contributed by atoms with Crippen LogP contribution in [0.3, 0.4) is 0 Å². The minimum atomic E-state index is -0.0148. The molecule has 26 heavy (non-hydrogen) atoms. The Labute approximate surface area is 158 Å². The second kappa shape index (κ2) is 9.40. The second-order valence-corrected chi connectivity index (χ2v) is 8.34. The smallest absolute Gasteiger partial charge is 0.314 e. The number of amides is 2. The molecule has 4 nitrogen and oxygen atoms in total. The third kappa shape index (κ3) is 5.23. The van der Waals surface area contributed by atoms with Gasteiger partial charge in [0.1, 0.15) is 0 Å². The number of hydrogen-bond acceptors (Lipinski definition) is 2. The van der Waals surface area contributed by atoms with E-state index in [0.717, 1.165) is 25.4 Å². The average Bonchev–Trinajstić information content (AvgIpc) is 2.63. The number of benzene rings is 1. The van der Waals surface area contributed by atoms with Crippen LogP contribution in [0.5, 0.6) is 0 Å². The Morgan fingerprint density at radius 2 is 1.85 bits per heavy atom. The van der Waals surface area contributed by atoms with Crippen LogP contribution in [0.2, 0.25) is 0 Å². The molecule has 1 saturated carbocycles. The summed E-state index contributed by atoms with van der Waals surface area (Å²) in [5.41, 5.74) is 1.52. The molecule has 0 atom stereocenters. The number of hydrogen-bond donors (Lipinski definition) is 2. The van der Waals surface area contributed by atoms with E-state index < -0.39 is 0 Å². The van der Waals surface area contributed by atoms with Crippen molar-refractivity contribution in [1.82, 2.24) is 15.5 Å². The molecule has 0 bridgehead atoms. The van der Waals surface area contributed by atoms with E-state index in [4.69, 9.17) is 0 Å². The first-order valence-corrected chi connectivity index (χ1v) is 10.5. The van der Waals surface area contributed by atoms with Gasteiger partial charge in [0.25, 0.3) is 0 Å². The molecule has 3 rings (SSSR count). The summed E-state index contributed by atoms with van der Waals surface area (Å²) < 4.78 is 0. The molecular formula is C22H35N3O. The van der Waals surface area contributed by atoms with Gasteiger partial charge in [-0.3, -0.25) is 0 Å². The maximum atomic E-state index is 12.1. The van der Waals surface area contributed by atoms with Crippen molar-refractivity contribution in [3.05, 3.63) is 35.9 Å². The first-order chi connectivity index (χ1) is 12.7. The Hall–Kier alpha value is -1.55. The molecule has 0 radical (unpaired) electrons. The fraction of sp³-hybridized carbons (Fsp3) is 0.682. The van der Waals surface area contributed by atoms with E-state index in [-0.39, 0.29) is 11.4 Å². The Balaban J connectivity index is 1.28. The first kappa shape index (κ1) is 19.2. The molecule has 1 aliphatic heterocycles. The van der Waals surface area contributed by atoms with E-state index in [9.17, 15) is 4.79 Å². The summed E-state index contributed by atoms with van der Waals surface area (Å²) in [6.45, 7) is 7.54. The SMILES string of the molecule is CC1CCN(CCCCNC(=O)NCC2(c3ccccc3)CCC2)CC1. The molecule has 2 amide bonds. The average molecular weight is 358 g/mol. The second-order valence-electron chi connectivity index (χ2n) is 8.34. The first-order valence-electron chi connectivity index (χ1n) is 10.5. The number of carbonyl (C=O) groups is 1. The Morgan fingerprint density at radius 1 is 1.12 bits per heavy atom. The molecule has 2 fully saturated rings. The highest BCUT2D eigenvalue weighted by Gasteiger charge is 2.38. The summed E-state index contributed by atoms with van der Waals surface area (Å²) in [6.07, 6.45) is 8.50. The molecule has 1 heterocycles. The molecule has 0 unspecified atom stereocenters. The molecule has 2 N–H and O–H groups in total. The van der Waals surface area contributed by atoms with Crippen molar-refractivity contribution in [3.8, 4) is 0 Å².